The van der Waals surface area contributed by atoms with Crippen LogP contribution >= 0.6 is 0 Å². The van der Waals surface area contributed by atoms with Crippen molar-refractivity contribution in [1.29, 1.82) is 0 Å². The molecule has 0 spiro atoms. The topological polar surface area (TPSA) is 81.1 Å². The Morgan fingerprint density at radius 3 is 2.53 bits per heavy atom. The third-order valence-electron chi connectivity index (χ3n) is 5.60. The summed E-state index contributed by atoms with van der Waals surface area (Å²) in [6.07, 6.45) is 2.97. The molecule has 1 atom stereocenters. The Morgan fingerprint density at radius 1 is 1.15 bits per heavy atom. The van der Waals surface area contributed by atoms with Crippen molar-refractivity contribution in [1.82, 2.24) is 19.9 Å². The highest BCUT2D eigenvalue weighted by Crippen LogP contribution is 2.27. The first-order valence-electron chi connectivity index (χ1n) is 11.5. The number of amides is 2. The molecule has 0 fully saturated rings. The minimum Gasteiger partial charge on any atom is -0.361 e. The Kier molecular flexibility index (Phi) is 8.57. The van der Waals surface area contributed by atoms with Gasteiger partial charge in [-0.3, -0.25) is 4.98 Å². The lowest BCUT2D eigenvalue weighted by molar-refractivity contribution is 0.0849. The number of carbonyl (C=O) groups is 1. The van der Waals surface area contributed by atoms with Crippen molar-refractivity contribution in [2.45, 2.75) is 58.7 Å². The Hall–Kier alpha value is -3.04. The minimum absolute atomic E-state index is 0.121. The van der Waals surface area contributed by atoms with Gasteiger partial charge in [-0.15, -0.1) is 0 Å². The van der Waals surface area contributed by atoms with Gasteiger partial charge in [-0.2, -0.15) is 0 Å². The van der Waals surface area contributed by atoms with Crippen LogP contribution in [0.5, 0.6) is 0 Å². The Labute approximate surface area is 201 Å². The van der Waals surface area contributed by atoms with E-state index in [4.69, 9.17) is 4.74 Å². The van der Waals surface area contributed by atoms with Gasteiger partial charge in [0.05, 0.1) is 30.5 Å². The molecule has 3 rings (SSSR count). The van der Waals surface area contributed by atoms with Crippen LogP contribution in [0.25, 0.3) is 0 Å². The first-order chi connectivity index (χ1) is 16.1. The average Bonchev–Trinajstić information content (AvgIpc) is 3.16. The van der Waals surface area contributed by atoms with E-state index in [2.05, 4.69) is 51.7 Å². The predicted octanol–water partition coefficient (Wildman–Crippen LogP) is 5.51. The number of aromatic nitrogens is 3. The maximum Gasteiger partial charge on any atom is 0.319 e. The van der Waals surface area contributed by atoms with E-state index in [0.717, 1.165) is 35.8 Å². The van der Waals surface area contributed by atoms with E-state index < -0.39 is 13.9 Å². The van der Waals surface area contributed by atoms with Crippen molar-refractivity contribution in [3.63, 3.8) is 0 Å². The standard InChI is InChI=1S/C25H34FN5O2Si/c1-18(24-19(2)29-16-31(24)17-33-12-13-34(3,4)5)20-6-9-22(10-7-20)30-25(32)28-15-23-11-8-21(26)14-27-23/h6-11,14,16,18H,12-13,15,17H2,1-5H3,(H2,28,30,32)/t18-/m1/s1. The van der Waals surface area contributed by atoms with Crippen LogP contribution in [0.3, 0.4) is 0 Å². The molecule has 0 aliphatic carbocycles. The van der Waals surface area contributed by atoms with Gasteiger partial charge in [0.1, 0.15) is 12.5 Å². The number of imidazole rings is 1. The van der Waals surface area contributed by atoms with Crippen molar-refractivity contribution < 1.29 is 13.9 Å². The maximum absolute atomic E-state index is 12.9. The van der Waals surface area contributed by atoms with E-state index in [-0.39, 0.29) is 18.5 Å². The molecule has 0 saturated heterocycles. The van der Waals surface area contributed by atoms with Gasteiger partial charge in [0.2, 0.25) is 0 Å². The summed E-state index contributed by atoms with van der Waals surface area (Å²) in [6, 6.07) is 11.4. The fourth-order valence-electron chi connectivity index (χ4n) is 3.57. The molecule has 2 N–H and O–H groups in total. The molecule has 0 bridgehead atoms. The third kappa shape index (κ3) is 7.49. The van der Waals surface area contributed by atoms with E-state index in [0.29, 0.717) is 18.1 Å². The maximum atomic E-state index is 12.9. The van der Waals surface area contributed by atoms with Crippen LogP contribution in [-0.2, 0) is 18.0 Å². The molecular weight excluding hydrogens is 449 g/mol. The van der Waals surface area contributed by atoms with E-state index in [1.165, 1.54) is 12.1 Å². The summed E-state index contributed by atoms with van der Waals surface area (Å²) in [7, 11) is -1.12. The molecule has 0 saturated carbocycles. The fraction of sp³-hybridized carbons (Fsp3) is 0.400. The van der Waals surface area contributed by atoms with E-state index in [1.807, 2.05) is 37.5 Å². The Balaban J connectivity index is 1.56. The average molecular weight is 484 g/mol. The molecule has 3 aromatic rings. The molecule has 2 heterocycles. The molecule has 1 aromatic carbocycles. The molecule has 0 aliphatic heterocycles. The SMILES string of the molecule is Cc1ncn(COCC[Si](C)(C)C)c1[C@H](C)c1ccc(NC(=O)NCc2ccc(F)cn2)cc1. The summed E-state index contributed by atoms with van der Waals surface area (Å²) < 4.78 is 20.9. The zero-order valence-electron chi connectivity index (χ0n) is 20.6. The molecule has 0 aliphatic rings. The second-order valence-corrected chi connectivity index (χ2v) is 15.3. The second kappa shape index (κ2) is 11.4. The minimum atomic E-state index is -1.12. The number of urea groups is 1. The van der Waals surface area contributed by atoms with Gasteiger partial charge in [-0.25, -0.2) is 14.2 Å². The van der Waals surface area contributed by atoms with Crippen molar-refractivity contribution in [2.24, 2.45) is 0 Å². The lowest BCUT2D eigenvalue weighted by Crippen LogP contribution is -2.28. The van der Waals surface area contributed by atoms with Crippen LogP contribution in [0.15, 0.2) is 48.9 Å². The zero-order chi connectivity index (χ0) is 24.7. The van der Waals surface area contributed by atoms with Crippen LogP contribution in [-0.4, -0.2) is 35.2 Å². The lowest BCUT2D eigenvalue weighted by Gasteiger charge is -2.19. The van der Waals surface area contributed by atoms with Crippen LogP contribution in [0.4, 0.5) is 14.9 Å². The van der Waals surface area contributed by atoms with Crippen LogP contribution in [0, 0.1) is 12.7 Å². The number of ether oxygens (including phenoxy) is 1. The summed E-state index contributed by atoms with van der Waals surface area (Å²) in [5, 5.41) is 5.52. The zero-order valence-corrected chi connectivity index (χ0v) is 21.6. The normalized spacial score (nSPS) is 12.4. The van der Waals surface area contributed by atoms with Crippen molar-refractivity contribution in [2.75, 3.05) is 11.9 Å². The quantitative estimate of drug-likeness (QED) is 0.294. The van der Waals surface area contributed by atoms with Crippen molar-refractivity contribution in [3.05, 3.63) is 77.4 Å². The molecular formula is C25H34FN5O2Si. The lowest BCUT2D eigenvalue weighted by atomic mass is 9.96. The highest BCUT2D eigenvalue weighted by atomic mass is 28.3. The molecule has 34 heavy (non-hydrogen) atoms. The monoisotopic (exact) mass is 483 g/mol. The van der Waals surface area contributed by atoms with E-state index in [9.17, 15) is 9.18 Å². The van der Waals surface area contributed by atoms with Crippen LogP contribution in [0.2, 0.25) is 25.7 Å². The predicted molar refractivity (Wildman–Crippen MR) is 135 cm³/mol. The number of anilines is 1. The van der Waals surface area contributed by atoms with Gasteiger partial charge < -0.3 is 19.9 Å². The van der Waals surface area contributed by atoms with Crippen LogP contribution < -0.4 is 10.6 Å². The summed E-state index contributed by atoms with van der Waals surface area (Å²) >= 11 is 0. The fourth-order valence-corrected chi connectivity index (χ4v) is 4.33. The number of hydrogen-bond acceptors (Lipinski definition) is 4. The number of rotatable bonds is 10. The molecule has 0 unspecified atom stereocenters. The summed E-state index contributed by atoms with van der Waals surface area (Å²) in [4.78, 5) is 20.6. The Bertz CT molecular complexity index is 1080. The number of nitrogens with one attached hydrogen (secondary N) is 2. The summed E-state index contributed by atoms with van der Waals surface area (Å²) in [5.41, 5.74) is 4.49. The molecule has 2 aromatic heterocycles. The second-order valence-electron chi connectivity index (χ2n) is 9.65. The number of nitrogens with zero attached hydrogens (tertiary/aromatic N) is 3. The third-order valence-corrected chi connectivity index (χ3v) is 7.30. The first-order valence-corrected chi connectivity index (χ1v) is 15.2. The van der Waals surface area contributed by atoms with Crippen LogP contribution in [0.1, 0.15) is 35.5 Å². The number of carbonyl (C=O) groups excluding carboxylic acids is 1. The molecule has 182 valence electrons. The molecule has 9 heteroatoms. The molecule has 0 radical (unpaired) electrons. The van der Waals surface area contributed by atoms with E-state index >= 15 is 0 Å². The van der Waals surface area contributed by atoms with Gasteiger partial charge in [0.15, 0.2) is 0 Å². The number of halogens is 1. The van der Waals surface area contributed by atoms with Gasteiger partial charge in [-0.1, -0.05) is 38.7 Å². The summed E-state index contributed by atoms with van der Waals surface area (Å²) in [6.45, 7) is 12.7. The van der Waals surface area contributed by atoms with E-state index in [1.54, 1.807) is 0 Å². The van der Waals surface area contributed by atoms with Gasteiger partial charge in [0.25, 0.3) is 0 Å². The van der Waals surface area contributed by atoms with Crippen molar-refractivity contribution >= 4 is 19.8 Å². The first kappa shape index (κ1) is 25.6. The highest BCUT2D eigenvalue weighted by Gasteiger charge is 2.18. The number of benzene rings is 1. The summed E-state index contributed by atoms with van der Waals surface area (Å²) in [5.74, 6) is -0.286. The van der Waals surface area contributed by atoms with Gasteiger partial charge in [-0.05, 0) is 42.8 Å². The van der Waals surface area contributed by atoms with Gasteiger partial charge >= 0.3 is 6.03 Å². The number of aryl methyl sites for hydroxylation is 1. The Morgan fingerprint density at radius 2 is 1.88 bits per heavy atom. The number of hydrogen-bond donors (Lipinski definition) is 2. The van der Waals surface area contributed by atoms with Crippen molar-refractivity contribution in [3.8, 4) is 0 Å². The van der Waals surface area contributed by atoms with Gasteiger partial charge in [0, 0.05) is 32.0 Å². The molecule has 2 amide bonds. The smallest absolute Gasteiger partial charge is 0.319 e. The molecule has 7 nitrogen and oxygen atoms in total. The largest absolute Gasteiger partial charge is 0.361 e. The number of pyridine rings is 1. The highest BCUT2D eigenvalue weighted by molar-refractivity contribution is 6.76.